The van der Waals surface area contributed by atoms with Crippen LogP contribution in [0.25, 0.3) is 0 Å². The minimum absolute atomic E-state index is 0.153. The Kier molecular flexibility index (Phi) is 3.27. The molecule has 0 aliphatic rings. The average Bonchev–Trinajstić information content (AvgIpc) is 1.35. The molecule has 0 aromatic carbocycles. The van der Waals surface area contributed by atoms with E-state index < -0.39 is 0 Å². The lowest BCUT2D eigenvalue weighted by Crippen LogP contribution is -2.30. The van der Waals surface area contributed by atoms with Crippen LogP contribution in [0.15, 0.2) is 0 Å². The molecule has 4 heteroatoms. The molecule has 0 aromatic heterocycles. The first-order valence-electron chi connectivity index (χ1n) is 1.84. The standard InChI is InChI=1S/C2H12B2N2/c1-6(2)4-5-3/h5H,4H2,1-3H3/q-2. The quantitative estimate of drug-likeness (QED) is 0.371. The van der Waals surface area contributed by atoms with Crippen molar-refractivity contribution >= 4 is 15.5 Å². The third kappa shape index (κ3) is 4.05. The lowest BCUT2D eigenvalue weighted by molar-refractivity contribution is 0.656. The minimum atomic E-state index is 0.153. The van der Waals surface area contributed by atoms with Crippen molar-refractivity contribution in [3.63, 3.8) is 0 Å². The number of hydrogen-bond acceptors (Lipinski definition) is 2. The molecule has 0 unspecified atom stereocenters. The van der Waals surface area contributed by atoms with Crippen molar-refractivity contribution < 1.29 is 0 Å². The van der Waals surface area contributed by atoms with Gasteiger partial charge in [-0.3, -0.25) is 0 Å². The molecule has 0 atom stereocenters. The zero-order valence-corrected chi connectivity index (χ0v) is 3.95. The fraction of sp³-hybridized carbons (Fsp3) is 1.00. The predicted molar refractivity (Wildman–Crippen MR) is 35.3 cm³/mol. The zero-order valence-electron chi connectivity index (χ0n) is 3.95. The molecule has 0 saturated carbocycles. The molecule has 0 aromatic rings. The van der Waals surface area contributed by atoms with Crippen molar-refractivity contribution in [1.82, 2.24) is 9.95 Å². The summed E-state index contributed by atoms with van der Waals surface area (Å²) < 4.78 is 0. The Labute approximate surface area is 40.6 Å². The van der Waals surface area contributed by atoms with Gasteiger partial charge in [0.05, 0.1) is 7.55 Å². The molecule has 38 valence electrons. The molecular weight excluding hydrogens is 73.7 g/mol. The first-order valence-corrected chi connectivity index (χ1v) is 1.84. The topological polar surface area (TPSA) is 15.3 Å². The normalized spacial score (nSPS) is 10.0. The van der Waals surface area contributed by atoms with Crippen molar-refractivity contribution in [3.05, 3.63) is 0 Å². The van der Waals surface area contributed by atoms with E-state index in [0.717, 1.165) is 0 Å². The van der Waals surface area contributed by atoms with E-state index in [1.807, 2.05) is 0 Å². The summed E-state index contributed by atoms with van der Waals surface area (Å²) in [6, 6.07) is 0. The van der Waals surface area contributed by atoms with Crippen LogP contribution in [-0.2, 0) is 0 Å². The number of nitrogens with zero attached hydrogens (tertiary/aromatic N) is 1. The van der Waals surface area contributed by atoms with Crippen molar-refractivity contribution in [2.75, 3.05) is 14.1 Å². The van der Waals surface area contributed by atoms with E-state index in [2.05, 4.69) is 24.0 Å². The van der Waals surface area contributed by atoms with Gasteiger partial charge >= 0.3 is 0 Å². The molecule has 6 heavy (non-hydrogen) atoms. The Morgan fingerprint density at radius 3 is 2.17 bits per heavy atom. The lowest BCUT2D eigenvalue weighted by atomic mass is 10.1. The van der Waals surface area contributed by atoms with Gasteiger partial charge in [0.15, 0.2) is 0 Å². The third-order valence-corrected chi connectivity index (χ3v) is 0.447. The molecule has 0 bridgehead atoms. The van der Waals surface area contributed by atoms with Gasteiger partial charge < -0.3 is 9.95 Å². The average molecular weight is 85.8 g/mol. The molecule has 0 radical (unpaired) electrons. The zero-order chi connectivity index (χ0) is 4.99. The van der Waals surface area contributed by atoms with Gasteiger partial charge in [-0.25, -0.2) is 0 Å². The second-order valence-electron chi connectivity index (χ2n) is 1.57. The maximum absolute atomic E-state index is 3.37. The van der Waals surface area contributed by atoms with Crippen LogP contribution in [0.1, 0.15) is 0 Å². The molecular formula is C2H12B2N2-2. The monoisotopic (exact) mass is 86.1 g/mol. The minimum Gasteiger partial charge on any atom is -0.668 e. The van der Waals surface area contributed by atoms with E-state index in [-0.39, 0.29) is 7.55 Å². The number of nitrogens with one attached hydrogen (secondary N) is 1. The maximum atomic E-state index is 3.37. The summed E-state index contributed by atoms with van der Waals surface area (Å²) >= 11 is 0. The number of rotatable bonds is 2. The molecule has 0 rings (SSSR count). The first kappa shape index (κ1) is 6.05. The highest BCUT2D eigenvalue weighted by Gasteiger charge is 1.67. The summed E-state index contributed by atoms with van der Waals surface area (Å²) in [5, 5.41) is 3.37. The molecule has 0 aliphatic carbocycles. The molecule has 0 amide bonds. The van der Waals surface area contributed by atoms with Gasteiger partial charge in [0, 0.05) is 0 Å². The maximum Gasteiger partial charge on any atom is 0.0585 e. The molecule has 2 nitrogen and oxygen atoms in total. The van der Waals surface area contributed by atoms with Crippen LogP contribution in [0.3, 0.4) is 0 Å². The Balaban J connectivity index is 2.63. The molecule has 0 fully saturated rings. The van der Waals surface area contributed by atoms with E-state index in [1.54, 1.807) is 0 Å². The Morgan fingerprint density at radius 1 is 1.67 bits per heavy atom. The SMILES string of the molecule is [BH3-]N[BH2-]N(C)C. The van der Waals surface area contributed by atoms with Crippen LogP contribution < -0.4 is 5.14 Å². The third-order valence-electron chi connectivity index (χ3n) is 0.447. The predicted octanol–water partition coefficient (Wildman–Crippen LogP) is -2.58. The van der Waals surface area contributed by atoms with Gasteiger partial charge in [0.25, 0.3) is 0 Å². The van der Waals surface area contributed by atoms with Gasteiger partial charge in [-0.2, -0.15) is 0 Å². The van der Waals surface area contributed by atoms with Crippen LogP contribution in [0.5, 0.6) is 0 Å². The molecule has 0 aliphatic heterocycles. The summed E-state index contributed by atoms with van der Waals surface area (Å²) in [5.41, 5.74) is 0. The molecule has 0 saturated heterocycles. The van der Waals surface area contributed by atoms with Crippen LogP contribution >= 0.6 is 0 Å². The smallest absolute Gasteiger partial charge is 0.0585 e. The highest BCUT2D eigenvalue weighted by molar-refractivity contribution is 6.39. The van der Waals surface area contributed by atoms with E-state index >= 15 is 0 Å². The first-order chi connectivity index (χ1) is 2.77. The largest absolute Gasteiger partial charge is 0.668 e. The van der Waals surface area contributed by atoms with Crippen molar-refractivity contribution in [2.24, 2.45) is 0 Å². The molecule has 0 spiro atoms. The number of hydrogen-bond donors (Lipinski definition) is 1. The Bertz CT molecular complexity index is 30.7. The fourth-order valence-corrected chi connectivity index (χ4v) is 0. The lowest BCUT2D eigenvalue weighted by Gasteiger charge is -2.18. The van der Waals surface area contributed by atoms with Gasteiger partial charge in [0.1, 0.15) is 0 Å². The highest BCUT2D eigenvalue weighted by Crippen LogP contribution is 1.56. The van der Waals surface area contributed by atoms with E-state index in [9.17, 15) is 0 Å². The van der Waals surface area contributed by atoms with Crippen molar-refractivity contribution in [3.8, 4) is 0 Å². The molecule has 0 heterocycles. The van der Waals surface area contributed by atoms with Gasteiger partial charge in [-0.05, 0) is 7.98 Å². The van der Waals surface area contributed by atoms with E-state index in [4.69, 9.17) is 0 Å². The van der Waals surface area contributed by atoms with Crippen LogP contribution in [0.4, 0.5) is 0 Å². The highest BCUT2D eigenvalue weighted by atomic mass is 15.0. The van der Waals surface area contributed by atoms with Crippen LogP contribution in [0.2, 0.25) is 0 Å². The van der Waals surface area contributed by atoms with Crippen molar-refractivity contribution in [2.45, 2.75) is 0 Å². The fourth-order valence-electron chi connectivity index (χ4n) is 0. The van der Waals surface area contributed by atoms with Gasteiger partial charge in [0.2, 0.25) is 0 Å². The Morgan fingerprint density at radius 2 is 2.17 bits per heavy atom. The van der Waals surface area contributed by atoms with E-state index in [1.165, 1.54) is 0 Å². The Hall–Kier alpha value is 0.0499. The molecule has 1 N–H and O–H groups in total. The summed E-state index contributed by atoms with van der Waals surface area (Å²) in [6.45, 7) is 0. The summed E-state index contributed by atoms with van der Waals surface area (Å²) in [4.78, 5) is 2.26. The van der Waals surface area contributed by atoms with Crippen molar-refractivity contribution in [1.29, 1.82) is 0 Å². The second kappa shape index (κ2) is 3.25. The van der Waals surface area contributed by atoms with Gasteiger partial charge in [-0.15, -0.1) is 0 Å². The summed E-state index contributed by atoms with van der Waals surface area (Å²) in [7, 11) is 4.88. The summed E-state index contributed by atoms with van der Waals surface area (Å²) in [6.07, 6.45) is 0. The van der Waals surface area contributed by atoms with Crippen LogP contribution in [-0.4, -0.2) is 34.4 Å². The second-order valence-corrected chi connectivity index (χ2v) is 1.57. The van der Waals surface area contributed by atoms with Crippen LogP contribution in [0, 0.1) is 0 Å². The summed E-state index contributed by atoms with van der Waals surface area (Å²) in [5.74, 6) is 0. The van der Waals surface area contributed by atoms with E-state index in [0.29, 0.717) is 7.98 Å². The van der Waals surface area contributed by atoms with Gasteiger partial charge in [-0.1, -0.05) is 14.1 Å².